The van der Waals surface area contributed by atoms with Gasteiger partial charge < -0.3 is 19.7 Å². The number of hydrogen-bond acceptors (Lipinski definition) is 3. The van der Waals surface area contributed by atoms with E-state index in [-0.39, 0.29) is 16.7 Å². The minimum Gasteiger partial charge on any atom is -0.508 e. The Bertz CT molecular complexity index is 610. The highest BCUT2D eigenvalue weighted by atomic mass is 35.5. The van der Waals surface area contributed by atoms with Crippen molar-refractivity contribution in [1.82, 2.24) is 4.57 Å². The van der Waals surface area contributed by atoms with E-state index >= 15 is 0 Å². The predicted octanol–water partition coefficient (Wildman–Crippen LogP) is 2.75. The van der Waals surface area contributed by atoms with Crippen LogP contribution in [0.5, 0.6) is 5.75 Å². The molecule has 0 aliphatic rings. The van der Waals surface area contributed by atoms with Crippen LogP contribution in [0.1, 0.15) is 10.5 Å². The summed E-state index contributed by atoms with van der Waals surface area (Å²) in [6.07, 6.45) is 1.81. The predicted molar refractivity (Wildman–Crippen MR) is 77.4 cm³/mol. The number of rotatable bonds is 5. The molecule has 0 spiro atoms. The van der Waals surface area contributed by atoms with Gasteiger partial charge in [-0.05, 0) is 24.3 Å². The van der Waals surface area contributed by atoms with Crippen LogP contribution in [0.15, 0.2) is 36.5 Å². The molecular weight excluding hydrogens is 280 g/mol. The first-order chi connectivity index (χ1) is 9.61. The monoisotopic (exact) mass is 294 g/mol. The quantitative estimate of drug-likeness (QED) is 0.834. The number of ether oxygens (including phenoxy) is 1. The Morgan fingerprint density at radius 3 is 2.95 bits per heavy atom. The summed E-state index contributed by atoms with van der Waals surface area (Å²) in [5.74, 6) is -0.213. The second-order valence-electron chi connectivity index (χ2n) is 4.20. The van der Waals surface area contributed by atoms with Crippen molar-refractivity contribution < 1.29 is 14.6 Å². The van der Waals surface area contributed by atoms with Gasteiger partial charge in [-0.3, -0.25) is 4.79 Å². The highest BCUT2D eigenvalue weighted by Crippen LogP contribution is 2.26. The second kappa shape index (κ2) is 6.45. The number of benzene rings is 1. The molecule has 2 aromatic rings. The van der Waals surface area contributed by atoms with E-state index < -0.39 is 0 Å². The zero-order valence-corrected chi connectivity index (χ0v) is 11.7. The minimum atomic E-state index is -0.265. The Morgan fingerprint density at radius 2 is 2.25 bits per heavy atom. The van der Waals surface area contributed by atoms with Gasteiger partial charge in [0.25, 0.3) is 5.91 Å². The van der Waals surface area contributed by atoms with E-state index in [0.29, 0.717) is 24.5 Å². The van der Waals surface area contributed by atoms with E-state index in [1.807, 2.05) is 6.20 Å². The van der Waals surface area contributed by atoms with Crippen molar-refractivity contribution in [2.45, 2.75) is 6.54 Å². The summed E-state index contributed by atoms with van der Waals surface area (Å²) in [5, 5.41) is 12.3. The molecule has 0 fully saturated rings. The molecule has 1 amide bonds. The fraction of sp³-hybridized carbons (Fsp3) is 0.214. The maximum absolute atomic E-state index is 12.2. The van der Waals surface area contributed by atoms with E-state index in [1.165, 1.54) is 12.1 Å². The van der Waals surface area contributed by atoms with Crippen molar-refractivity contribution in [2.75, 3.05) is 19.0 Å². The molecule has 5 nitrogen and oxygen atoms in total. The Balaban J connectivity index is 2.14. The van der Waals surface area contributed by atoms with Gasteiger partial charge in [0, 0.05) is 25.9 Å². The summed E-state index contributed by atoms with van der Waals surface area (Å²) in [4.78, 5) is 12.2. The van der Waals surface area contributed by atoms with E-state index in [0.717, 1.165) is 0 Å². The highest BCUT2D eigenvalue weighted by Gasteiger charge is 2.12. The highest BCUT2D eigenvalue weighted by molar-refractivity contribution is 6.34. The van der Waals surface area contributed by atoms with Crippen LogP contribution >= 0.6 is 11.6 Å². The van der Waals surface area contributed by atoms with E-state index in [2.05, 4.69) is 5.32 Å². The zero-order valence-electron chi connectivity index (χ0n) is 11.0. The van der Waals surface area contributed by atoms with E-state index in [4.69, 9.17) is 16.3 Å². The van der Waals surface area contributed by atoms with Crippen molar-refractivity contribution in [1.29, 1.82) is 0 Å². The Hall–Kier alpha value is -1.98. The lowest BCUT2D eigenvalue weighted by Crippen LogP contribution is -2.18. The number of phenolic OH excluding ortho intramolecular Hbond substituents is 1. The summed E-state index contributed by atoms with van der Waals surface area (Å²) in [5.41, 5.74) is 0.972. The van der Waals surface area contributed by atoms with Gasteiger partial charge in [-0.25, -0.2) is 0 Å². The number of anilines is 1. The van der Waals surface area contributed by atoms with Crippen molar-refractivity contribution in [3.05, 3.63) is 47.2 Å². The maximum atomic E-state index is 12.2. The number of phenols is 1. The number of amides is 1. The number of carbonyl (C=O) groups excluding carboxylic acids is 1. The van der Waals surface area contributed by atoms with Crippen LogP contribution in [-0.2, 0) is 11.3 Å². The third-order valence-corrected chi connectivity index (χ3v) is 3.11. The smallest absolute Gasteiger partial charge is 0.272 e. The molecule has 106 valence electrons. The first-order valence-corrected chi connectivity index (χ1v) is 6.43. The standard InChI is InChI=1S/C14H15ClN2O3/c1-20-8-7-17-6-2-3-13(17)14(19)16-12-5-4-10(18)9-11(12)15/h2-6,9,18H,7-8H2,1H3,(H,16,19). The summed E-state index contributed by atoms with van der Waals surface area (Å²) < 4.78 is 6.80. The molecule has 0 unspecified atom stereocenters. The third kappa shape index (κ3) is 3.31. The molecule has 1 aromatic heterocycles. The maximum Gasteiger partial charge on any atom is 0.272 e. The molecule has 6 heteroatoms. The zero-order chi connectivity index (χ0) is 14.5. The minimum absolute atomic E-state index is 0.0523. The van der Waals surface area contributed by atoms with Gasteiger partial charge in [0.05, 0.1) is 17.3 Å². The fourth-order valence-corrected chi connectivity index (χ4v) is 2.02. The van der Waals surface area contributed by atoms with Crippen molar-refractivity contribution in [2.24, 2.45) is 0 Å². The third-order valence-electron chi connectivity index (χ3n) is 2.80. The molecule has 0 saturated carbocycles. The normalized spacial score (nSPS) is 10.5. The van der Waals surface area contributed by atoms with Crippen molar-refractivity contribution >= 4 is 23.2 Å². The van der Waals surface area contributed by atoms with Crippen LogP contribution in [0, 0.1) is 0 Å². The molecule has 0 atom stereocenters. The second-order valence-corrected chi connectivity index (χ2v) is 4.61. The largest absolute Gasteiger partial charge is 0.508 e. The molecule has 2 rings (SSSR count). The number of methoxy groups -OCH3 is 1. The SMILES string of the molecule is COCCn1cccc1C(=O)Nc1ccc(O)cc1Cl. The van der Waals surface area contributed by atoms with Crippen LogP contribution < -0.4 is 5.32 Å². The topological polar surface area (TPSA) is 63.5 Å². The van der Waals surface area contributed by atoms with Crippen LogP contribution in [0.2, 0.25) is 5.02 Å². The first kappa shape index (κ1) is 14.4. The molecule has 2 N–H and O–H groups in total. The number of carbonyl (C=O) groups is 1. The number of aromatic hydroxyl groups is 1. The van der Waals surface area contributed by atoms with Gasteiger partial charge in [-0.2, -0.15) is 0 Å². The molecule has 0 bridgehead atoms. The Morgan fingerprint density at radius 1 is 1.45 bits per heavy atom. The number of halogens is 1. The van der Waals surface area contributed by atoms with Gasteiger partial charge in [-0.1, -0.05) is 11.6 Å². The van der Waals surface area contributed by atoms with Crippen LogP contribution in [0.4, 0.5) is 5.69 Å². The summed E-state index contributed by atoms with van der Waals surface area (Å²) in [6, 6.07) is 7.91. The van der Waals surface area contributed by atoms with Gasteiger partial charge in [0.15, 0.2) is 0 Å². The van der Waals surface area contributed by atoms with Gasteiger partial charge in [0.2, 0.25) is 0 Å². The lowest BCUT2D eigenvalue weighted by molar-refractivity contribution is 0.101. The van der Waals surface area contributed by atoms with Crippen LogP contribution in [0.3, 0.4) is 0 Å². The lowest BCUT2D eigenvalue weighted by atomic mass is 10.3. The average molecular weight is 295 g/mol. The molecule has 20 heavy (non-hydrogen) atoms. The van der Waals surface area contributed by atoms with Crippen molar-refractivity contribution in [3.63, 3.8) is 0 Å². The molecule has 0 aliphatic heterocycles. The number of hydrogen-bond donors (Lipinski definition) is 2. The Kier molecular flexibility index (Phi) is 4.65. The summed E-state index contributed by atoms with van der Waals surface area (Å²) >= 11 is 5.96. The van der Waals surface area contributed by atoms with Gasteiger partial charge in [0.1, 0.15) is 11.4 Å². The van der Waals surface area contributed by atoms with E-state index in [9.17, 15) is 9.90 Å². The van der Waals surface area contributed by atoms with Crippen LogP contribution in [0.25, 0.3) is 0 Å². The Labute approximate surface area is 121 Å². The van der Waals surface area contributed by atoms with Gasteiger partial charge in [-0.15, -0.1) is 0 Å². The molecular formula is C14H15ClN2O3. The number of aromatic nitrogens is 1. The number of nitrogens with zero attached hydrogens (tertiary/aromatic N) is 1. The molecule has 1 aromatic carbocycles. The molecule has 0 saturated heterocycles. The molecule has 0 aliphatic carbocycles. The average Bonchev–Trinajstić information content (AvgIpc) is 2.88. The van der Waals surface area contributed by atoms with Crippen LogP contribution in [-0.4, -0.2) is 29.3 Å². The lowest BCUT2D eigenvalue weighted by Gasteiger charge is -2.10. The summed E-state index contributed by atoms with van der Waals surface area (Å²) in [6.45, 7) is 1.12. The first-order valence-electron chi connectivity index (χ1n) is 6.06. The fourth-order valence-electron chi connectivity index (χ4n) is 1.80. The molecule has 1 heterocycles. The summed E-state index contributed by atoms with van der Waals surface area (Å²) in [7, 11) is 1.61. The van der Waals surface area contributed by atoms with Gasteiger partial charge >= 0.3 is 0 Å². The molecule has 0 radical (unpaired) electrons. The van der Waals surface area contributed by atoms with E-state index in [1.54, 1.807) is 29.9 Å². The van der Waals surface area contributed by atoms with Crippen molar-refractivity contribution in [3.8, 4) is 5.75 Å². The number of nitrogens with one attached hydrogen (secondary N) is 1.